The van der Waals surface area contributed by atoms with E-state index in [2.05, 4.69) is 15.6 Å². The van der Waals surface area contributed by atoms with Crippen molar-refractivity contribution in [2.75, 3.05) is 19.0 Å². The summed E-state index contributed by atoms with van der Waals surface area (Å²) in [6, 6.07) is 6.47. The standard InChI is InChI=1S/C19H24BN3O2/c1-3-25-19(24)16-11-22-17-9-4-12(20)10-15(17)18(16)23-14-7-5-13(21-2)6-8-14/h4,9-11,13-14,21H,3,5-8H2,1-2H3,(H,22,23). The van der Waals surface area contributed by atoms with E-state index in [4.69, 9.17) is 12.6 Å². The maximum atomic E-state index is 12.4. The number of anilines is 1. The minimum Gasteiger partial charge on any atom is -0.462 e. The topological polar surface area (TPSA) is 63.2 Å². The van der Waals surface area contributed by atoms with E-state index in [9.17, 15) is 4.79 Å². The number of hydrogen-bond donors (Lipinski definition) is 2. The molecule has 130 valence electrons. The van der Waals surface area contributed by atoms with Gasteiger partial charge >= 0.3 is 5.97 Å². The van der Waals surface area contributed by atoms with Gasteiger partial charge in [0, 0.05) is 23.7 Å². The Bertz CT molecular complexity index is 758. The zero-order valence-electron chi connectivity index (χ0n) is 14.8. The summed E-state index contributed by atoms with van der Waals surface area (Å²) in [5, 5.41) is 7.79. The molecule has 0 saturated heterocycles. The molecular formula is C19H24BN3O2. The summed E-state index contributed by atoms with van der Waals surface area (Å²) in [6.07, 6.45) is 5.94. The molecule has 2 N–H and O–H groups in total. The van der Waals surface area contributed by atoms with Crippen LogP contribution >= 0.6 is 0 Å². The first-order valence-corrected chi connectivity index (χ1v) is 8.91. The Morgan fingerprint density at radius 1 is 1.28 bits per heavy atom. The van der Waals surface area contributed by atoms with Gasteiger partial charge in [0.25, 0.3) is 0 Å². The second kappa shape index (κ2) is 7.87. The number of rotatable bonds is 5. The monoisotopic (exact) mass is 337 g/mol. The van der Waals surface area contributed by atoms with E-state index in [-0.39, 0.29) is 5.97 Å². The molecule has 0 unspecified atom stereocenters. The lowest BCUT2D eigenvalue weighted by molar-refractivity contribution is 0.0527. The SMILES string of the molecule is [B]c1ccc2ncc(C(=O)OCC)c(NC3CCC(NC)CC3)c2c1. The Balaban J connectivity index is 1.96. The second-order valence-electron chi connectivity index (χ2n) is 6.53. The number of nitrogens with one attached hydrogen (secondary N) is 2. The molecule has 6 heteroatoms. The number of aromatic nitrogens is 1. The first-order valence-electron chi connectivity index (χ1n) is 8.91. The summed E-state index contributed by atoms with van der Waals surface area (Å²) in [5.41, 5.74) is 2.71. The van der Waals surface area contributed by atoms with Crippen molar-refractivity contribution in [1.29, 1.82) is 0 Å². The summed E-state index contributed by atoms with van der Waals surface area (Å²) < 4.78 is 5.21. The zero-order chi connectivity index (χ0) is 17.8. The van der Waals surface area contributed by atoms with E-state index < -0.39 is 0 Å². The quantitative estimate of drug-likeness (QED) is 0.647. The molecule has 1 heterocycles. The summed E-state index contributed by atoms with van der Waals surface area (Å²) >= 11 is 0. The van der Waals surface area contributed by atoms with Gasteiger partial charge in [-0.1, -0.05) is 17.6 Å². The van der Waals surface area contributed by atoms with Gasteiger partial charge in [0.05, 0.1) is 17.8 Å². The zero-order valence-corrected chi connectivity index (χ0v) is 14.8. The third-order valence-electron chi connectivity index (χ3n) is 4.87. The third kappa shape index (κ3) is 3.95. The van der Waals surface area contributed by atoms with Crippen molar-refractivity contribution in [3.63, 3.8) is 0 Å². The average molecular weight is 337 g/mol. The Morgan fingerprint density at radius 2 is 2.00 bits per heavy atom. The van der Waals surface area contributed by atoms with Crippen LogP contribution in [0.25, 0.3) is 10.9 Å². The van der Waals surface area contributed by atoms with E-state index in [1.807, 2.05) is 25.2 Å². The minimum absolute atomic E-state index is 0.324. The molecule has 1 fully saturated rings. The fourth-order valence-electron chi connectivity index (χ4n) is 3.46. The van der Waals surface area contributed by atoms with Gasteiger partial charge in [-0.05, 0) is 45.7 Å². The number of hydrogen-bond acceptors (Lipinski definition) is 5. The van der Waals surface area contributed by atoms with Crippen LogP contribution in [0.15, 0.2) is 24.4 Å². The number of carbonyl (C=O) groups is 1. The fraction of sp³-hybridized carbons (Fsp3) is 0.474. The number of carbonyl (C=O) groups excluding carboxylic acids is 1. The lowest BCUT2D eigenvalue weighted by Crippen LogP contribution is -2.35. The number of pyridine rings is 1. The Hall–Kier alpha value is -2.08. The lowest BCUT2D eigenvalue weighted by atomic mass is 9.90. The van der Waals surface area contributed by atoms with Crippen molar-refractivity contribution in [1.82, 2.24) is 10.3 Å². The molecule has 1 aliphatic rings. The summed E-state index contributed by atoms with van der Waals surface area (Å²) in [7, 11) is 7.98. The second-order valence-corrected chi connectivity index (χ2v) is 6.53. The number of esters is 1. The smallest absolute Gasteiger partial charge is 0.341 e. The molecule has 3 rings (SSSR count). The highest BCUT2D eigenvalue weighted by atomic mass is 16.5. The molecule has 25 heavy (non-hydrogen) atoms. The highest BCUT2D eigenvalue weighted by Crippen LogP contribution is 2.30. The molecule has 1 aliphatic carbocycles. The molecule has 0 bridgehead atoms. The molecule has 1 saturated carbocycles. The van der Waals surface area contributed by atoms with Crippen molar-refractivity contribution in [3.05, 3.63) is 30.0 Å². The van der Waals surface area contributed by atoms with Gasteiger partial charge in [-0.25, -0.2) is 4.79 Å². The van der Waals surface area contributed by atoms with Gasteiger partial charge < -0.3 is 15.4 Å². The normalized spacial score (nSPS) is 20.4. The predicted molar refractivity (Wildman–Crippen MR) is 102 cm³/mol. The molecule has 0 amide bonds. The Kier molecular flexibility index (Phi) is 5.58. The largest absolute Gasteiger partial charge is 0.462 e. The molecule has 0 spiro atoms. The Labute approximate surface area is 150 Å². The number of nitrogens with zero attached hydrogens (tertiary/aromatic N) is 1. The Morgan fingerprint density at radius 3 is 2.68 bits per heavy atom. The van der Waals surface area contributed by atoms with Crippen molar-refractivity contribution in [2.24, 2.45) is 0 Å². The molecule has 2 aromatic rings. The van der Waals surface area contributed by atoms with Crippen LogP contribution in [0.1, 0.15) is 43.0 Å². The molecular weight excluding hydrogens is 313 g/mol. The third-order valence-corrected chi connectivity index (χ3v) is 4.87. The first-order chi connectivity index (χ1) is 12.1. The highest BCUT2D eigenvalue weighted by molar-refractivity contribution is 6.33. The molecule has 2 radical (unpaired) electrons. The van der Waals surface area contributed by atoms with Crippen LogP contribution in [0.3, 0.4) is 0 Å². The van der Waals surface area contributed by atoms with E-state index in [0.29, 0.717) is 29.7 Å². The molecule has 1 aromatic carbocycles. The van der Waals surface area contributed by atoms with Crippen molar-refractivity contribution in [2.45, 2.75) is 44.7 Å². The lowest BCUT2D eigenvalue weighted by Gasteiger charge is -2.30. The van der Waals surface area contributed by atoms with Crippen LogP contribution in [0.2, 0.25) is 0 Å². The van der Waals surface area contributed by atoms with E-state index in [1.54, 1.807) is 13.1 Å². The van der Waals surface area contributed by atoms with E-state index in [0.717, 1.165) is 42.3 Å². The number of benzene rings is 1. The molecule has 1 aromatic heterocycles. The van der Waals surface area contributed by atoms with Gasteiger partial charge in [-0.2, -0.15) is 0 Å². The van der Waals surface area contributed by atoms with Crippen LogP contribution in [0.5, 0.6) is 0 Å². The summed E-state index contributed by atoms with van der Waals surface area (Å²) in [6.45, 7) is 2.14. The maximum Gasteiger partial charge on any atom is 0.341 e. The van der Waals surface area contributed by atoms with Gasteiger partial charge in [0.15, 0.2) is 0 Å². The molecule has 0 atom stereocenters. The van der Waals surface area contributed by atoms with Crippen LogP contribution in [-0.2, 0) is 4.74 Å². The molecule has 0 aliphatic heterocycles. The molecule has 5 nitrogen and oxygen atoms in total. The highest BCUT2D eigenvalue weighted by Gasteiger charge is 2.23. The van der Waals surface area contributed by atoms with Crippen molar-refractivity contribution < 1.29 is 9.53 Å². The minimum atomic E-state index is -0.356. The van der Waals surface area contributed by atoms with Crippen molar-refractivity contribution in [3.8, 4) is 0 Å². The van der Waals surface area contributed by atoms with Crippen LogP contribution in [-0.4, -0.2) is 44.5 Å². The van der Waals surface area contributed by atoms with Crippen molar-refractivity contribution >= 4 is 35.9 Å². The average Bonchev–Trinajstić information content (AvgIpc) is 2.63. The fourth-order valence-corrected chi connectivity index (χ4v) is 3.46. The van der Waals surface area contributed by atoms with E-state index in [1.165, 1.54) is 0 Å². The predicted octanol–water partition coefficient (Wildman–Crippen LogP) is 2.15. The van der Waals surface area contributed by atoms with Gasteiger partial charge in [0.1, 0.15) is 13.4 Å². The number of ether oxygens (including phenoxy) is 1. The summed E-state index contributed by atoms with van der Waals surface area (Å²) in [4.78, 5) is 16.8. The summed E-state index contributed by atoms with van der Waals surface area (Å²) in [5.74, 6) is -0.356. The van der Waals surface area contributed by atoms with Crippen LogP contribution in [0, 0.1) is 0 Å². The maximum absolute atomic E-state index is 12.4. The first kappa shape index (κ1) is 17.7. The van der Waals surface area contributed by atoms with Crippen LogP contribution < -0.4 is 16.1 Å². The number of fused-ring (bicyclic) bond motifs is 1. The van der Waals surface area contributed by atoms with Gasteiger partial charge in [0.2, 0.25) is 0 Å². The van der Waals surface area contributed by atoms with E-state index >= 15 is 0 Å². The van der Waals surface area contributed by atoms with Crippen LogP contribution in [0.4, 0.5) is 5.69 Å². The van der Waals surface area contributed by atoms with Gasteiger partial charge in [-0.3, -0.25) is 4.98 Å². The van der Waals surface area contributed by atoms with Gasteiger partial charge in [-0.15, -0.1) is 0 Å².